The molecule has 0 spiro atoms. The summed E-state index contributed by atoms with van der Waals surface area (Å²) in [5.41, 5.74) is 1.71. The zero-order valence-corrected chi connectivity index (χ0v) is 14.4. The van der Waals surface area contributed by atoms with Crippen LogP contribution in [-0.4, -0.2) is 30.6 Å². The Bertz CT molecular complexity index is 697. The van der Waals surface area contributed by atoms with Gasteiger partial charge in [0, 0.05) is 12.5 Å². The molecule has 5 heteroatoms. The van der Waals surface area contributed by atoms with Crippen LogP contribution >= 0.6 is 0 Å². The third kappa shape index (κ3) is 5.35. The van der Waals surface area contributed by atoms with Gasteiger partial charge in [0.1, 0.15) is 5.75 Å². The number of carboxylic acids is 1. The average Bonchev–Trinajstić information content (AvgIpc) is 2.63. The summed E-state index contributed by atoms with van der Waals surface area (Å²) in [4.78, 5) is 23.8. The Morgan fingerprint density at radius 1 is 1.08 bits per heavy atom. The molecule has 0 aromatic heterocycles. The molecule has 5 nitrogen and oxygen atoms in total. The summed E-state index contributed by atoms with van der Waals surface area (Å²) in [7, 11) is 1.61. The molecule has 2 aromatic carbocycles. The summed E-state index contributed by atoms with van der Waals surface area (Å²) >= 11 is 0. The van der Waals surface area contributed by atoms with Gasteiger partial charge in [0.2, 0.25) is 5.91 Å². The molecule has 132 valence electrons. The normalized spacial score (nSPS) is 12.9. The summed E-state index contributed by atoms with van der Waals surface area (Å²) < 4.78 is 5.12. The number of methoxy groups -OCH3 is 1. The van der Waals surface area contributed by atoms with Crippen molar-refractivity contribution in [2.45, 2.75) is 19.3 Å². The molecule has 2 atom stereocenters. The molecule has 2 N–H and O–H groups in total. The van der Waals surface area contributed by atoms with E-state index in [1.165, 1.54) is 0 Å². The molecule has 0 bridgehead atoms. The maximum atomic E-state index is 12.3. The molecule has 1 amide bonds. The maximum absolute atomic E-state index is 12.3. The first kappa shape index (κ1) is 18.5. The third-order valence-corrected chi connectivity index (χ3v) is 4.13. The summed E-state index contributed by atoms with van der Waals surface area (Å²) in [6.07, 6.45) is 0.582. The Kier molecular flexibility index (Phi) is 6.57. The second kappa shape index (κ2) is 8.87. The number of carbonyl (C=O) groups excluding carboxylic acids is 1. The van der Waals surface area contributed by atoms with Crippen molar-refractivity contribution in [3.8, 4) is 5.75 Å². The second-order valence-electron chi connectivity index (χ2n) is 6.00. The lowest BCUT2D eigenvalue weighted by atomic mass is 9.97. The van der Waals surface area contributed by atoms with E-state index in [2.05, 4.69) is 5.32 Å². The quantitative estimate of drug-likeness (QED) is 0.774. The predicted molar refractivity (Wildman–Crippen MR) is 95.7 cm³/mol. The van der Waals surface area contributed by atoms with E-state index in [1.807, 2.05) is 37.3 Å². The van der Waals surface area contributed by atoms with Crippen LogP contribution in [0.4, 0.5) is 0 Å². The van der Waals surface area contributed by atoms with Crippen LogP contribution in [0.15, 0.2) is 54.6 Å². The molecule has 2 aromatic rings. The summed E-state index contributed by atoms with van der Waals surface area (Å²) in [6, 6.07) is 16.5. The fourth-order valence-corrected chi connectivity index (χ4v) is 2.62. The summed E-state index contributed by atoms with van der Waals surface area (Å²) in [6.45, 7) is 1.91. The standard InChI is InChI=1S/C20H23NO4/c1-14(12-15-8-10-17(25-2)11-9-15)19(22)21-13-18(20(23)24)16-6-4-3-5-7-16/h3-11,14,18H,12-13H2,1-2H3,(H,21,22)(H,23,24). The number of carbonyl (C=O) groups is 2. The van der Waals surface area contributed by atoms with Gasteiger partial charge in [-0.1, -0.05) is 49.4 Å². The van der Waals surface area contributed by atoms with Crippen LogP contribution < -0.4 is 10.1 Å². The first-order valence-corrected chi connectivity index (χ1v) is 8.19. The number of nitrogens with one attached hydrogen (secondary N) is 1. The highest BCUT2D eigenvalue weighted by atomic mass is 16.5. The first-order chi connectivity index (χ1) is 12.0. The van der Waals surface area contributed by atoms with Crippen LogP contribution in [0.1, 0.15) is 24.0 Å². The molecule has 2 rings (SSSR count). The smallest absolute Gasteiger partial charge is 0.312 e. The van der Waals surface area contributed by atoms with Crippen LogP contribution in [0, 0.1) is 5.92 Å². The van der Waals surface area contributed by atoms with E-state index in [0.29, 0.717) is 12.0 Å². The van der Waals surface area contributed by atoms with Crippen molar-refractivity contribution in [3.05, 3.63) is 65.7 Å². The molecule has 25 heavy (non-hydrogen) atoms. The number of rotatable bonds is 8. The number of ether oxygens (including phenoxy) is 1. The zero-order valence-electron chi connectivity index (χ0n) is 14.4. The molecule has 0 radical (unpaired) electrons. The van der Waals surface area contributed by atoms with E-state index in [-0.39, 0.29) is 18.4 Å². The van der Waals surface area contributed by atoms with Crippen LogP contribution in [0.25, 0.3) is 0 Å². The minimum Gasteiger partial charge on any atom is -0.497 e. The molecule has 0 saturated heterocycles. The van der Waals surface area contributed by atoms with Gasteiger partial charge in [0.15, 0.2) is 0 Å². The van der Waals surface area contributed by atoms with E-state index in [0.717, 1.165) is 11.3 Å². The van der Waals surface area contributed by atoms with E-state index in [1.54, 1.807) is 31.4 Å². The topological polar surface area (TPSA) is 75.6 Å². The van der Waals surface area contributed by atoms with Crippen LogP contribution in [-0.2, 0) is 16.0 Å². The number of carboxylic acid groups (broad SMARTS) is 1. The molecule has 0 aliphatic heterocycles. The zero-order chi connectivity index (χ0) is 18.2. The van der Waals surface area contributed by atoms with Crippen molar-refractivity contribution in [2.75, 3.05) is 13.7 Å². The fourth-order valence-electron chi connectivity index (χ4n) is 2.62. The molecular weight excluding hydrogens is 318 g/mol. The minimum atomic E-state index is -0.950. The van der Waals surface area contributed by atoms with Crippen molar-refractivity contribution in [1.82, 2.24) is 5.32 Å². The lowest BCUT2D eigenvalue weighted by Crippen LogP contribution is -2.35. The molecule has 0 saturated carbocycles. The summed E-state index contributed by atoms with van der Waals surface area (Å²) in [5.74, 6) is -1.34. The van der Waals surface area contributed by atoms with Crippen molar-refractivity contribution < 1.29 is 19.4 Å². The molecule has 0 aliphatic rings. The van der Waals surface area contributed by atoms with Gasteiger partial charge in [-0.3, -0.25) is 9.59 Å². The van der Waals surface area contributed by atoms with Crippen LogP contribution in [0.5, 0.6) is 5.75 Å². The van der Waals surface area contributed by atoms with Gasteiger partial charge in [-0.25, -0.2) is 0 Å². The van der Waals surface area contributed by atoms with Gasteiger partial charge in [0.25, 0.3) is 0 Å². The number of aliphatic carboxylic acids is 1. The number of benzene rings is 2. The van der Waals surface area contributed by atoms with E-state index >= 15 is 0 Å². The average molecular weight is 341 g/mol. The van der Waals surface area contributed by atoms with Gasteiger partial charge >= 0.3 is 5.97 Å². The van der Waals surface area contributed by atoms with Gasteiger partial charge in [0.05, 0.1) is 13.0 Å². The van der Waals surface area contributed by atoms with Gasteiger partial charge in [-0.05, 0) is 29.7 Å². The lowest BCUT2D eigenvalue weighted by Gasteiger charge is -2.16. The Balaban J connectivity index is 1.92. The SMILES string of the molecule is COc1ccc(CC(C)C(=O)NCC(C(=O)O)c2ccccc2)cc1. The Morgan fingerprint density at radius 2 is 1.72 bits per heavy atom. The third-order valence-electron chi connectivity index (χ3n) is 4.13. The highest BCUT2D eigenvalue weighted by Gasteiger charge is 2.22. The monoisotopic (exact) mass is 341 g/mol. The fraction of sp³-hybridized carbons (Fsp3) is 0.300. The lowest BCUT2D eigenvalue weighted by molar-refractivity contribution is -0.138. The number of hydrogen-bond donors (Lipinski definition) is 2. The van der Waals surface area contributed by atoms with Crippen molar-refractivity contribution in [2.24, 2.45) is 5.92 Å². The van der Waals surface area contributed by atoms with Crippen LogP contribution in [0.3, 0.4) is 0 Å². The Morgan fingerprint density at radius 3 is 2.28 bits per heavy atom. The van der Waals surface area contributed by atoms with Gasteiger partial charge in [-0.2, -0.15) is 0 Å². The van der Waals surface area contributed by atoms with E-state index in [9.17, 15) is 14.7 Å². The largest absolute Gasteiger partial charge is 0.497 e. The summed E-state index contributed by atoms with van der Waals surface area (Å²) in [5, 5.41) is 12.2. The molecular formula is C20H23NO4. The van der Waals surface area contributed by atoms with Gasteiger partial charge < -0.3 is 15.2 Å². The highest BCUT2D eigenvalue weighted by molar-refractivity contribution is 5.81. The van der Waals surface area contributed by atoms with Gasteiger partial charge in [-0.15, -0.1) is 0 Å². The Labute approximate surface area is 147 Å². The molecule has 0 aliphatic carbocycles. The second-order valence-corrected chi connectivity index (χ2v) is 6.00. The highest BCUT2D eigenvalue weighted by Crippen LogP contribution is 2.17. The van der Waals surface area contributed by atoms with Crippen LogP contribution in [0.2, 0.25) is 0 Å². The Hall–Kier alpha value is -2.82. The molecule has 0 heterocycles. The first-order valence-electron chi connectivity index (χ1n) is 8.19. The van der Waals surface area contributed by atoms with E-state index < -0.39 is 11.9 Å². The van der Waals surface area contributed by atoms with E-state index in [4.69, 9.17) is 4.74 Å². The van der Waals surface area contributed by atoms with Crippen molar-refractivity contribution in [3.63, 3.8) is 0 Å². The predicted octanol–water partition coefficient (Wildman–Crippen LogP) is 2.86. The molecule has 2 unspecified atom stereocenters. The molecule has 0 fully saturated rings. The van der Waals surface area contributed by atoms with Crippen molar-refractivity contribution in [1.29, 1.82) is 0 Å². The number of amides is 1. The number of hydrogen-bond acceptors (Lipinski definition) is 3. The maximum Gasteiger partial charge on any atom is 0.312 e. The minimum absolute atomic E-state index is 0.0745. The van der Waals surface area contributed by atoms with Crippen molar-refractivity contribution >= 4 is 11.9 Å².